The van der Waals surface area contributed by atoms with Gasteiger partial charge < -0.3 is 4.57 Å². The van der Waals surface area contributed by atoms with E-state index in [1.165, 1.54) is 32.7 Å². The molecule has 5 rings (SSSR count). The van der Waals surface area contributed by atoms with E-state index in [2.05, 4.69) is 77.4 Å². The molecule has 3 aromatic rings. The fraction of sp³-hybridized carbons (Fsp3) is 0.0526. The predicted octanol–water partition coefficient (Wildman–Crippen LogP) is 2.86. The SMILES string of the molecule is C1=CC2C=c3c(c4ccccc4n3-c3ccccc32)=C1. The number of aromatic nitrogens is 1. The monoisotopic (exact) mass is 255 g/mol. The van der Waals surface area contributed by atoms with E-state index >= 15 is 0 Å². The Morgan fingerprint density at radius 3 is 2.75 bits per heavy atom. The summed E-state index contributed by atoms with van der Waals surface area (Å²) in [5, 5.41) is 4.01. The molecule has 0 saturated heterocycles. The third-order valence-corrected chi connectivity index (χ3v) is 4.41. The van der Waals surface area contributed by atoms with Gasteiger partial charge in [0.05, 0.1) is 16.6 Å². The minimum atomic E-state index is 0.389. The molecule has 20 heavy (non-hydrogen) atoms. The molecule has 0 N–H and O–H groups in total. The number of rotatable bonds is 0. The first kappa shape index (κ1) is 10.3. The molecule has 1 nitrogen and oxygen atoms in total. The fourth-order valence-electron chi connectivity index (χ4n) is 3.55. The van der Waals surface area contributed by atoms with Gasteiger partial charge in [-0.1, -0.05) is 54.6 Å². The fourth-order valence-corrected chi connectivity index (χ4v) is 3.55. The zero-order valence-electron chi connectivity index (χ0n) is 11.0. The summed E-state index contributed by atoms with van der Waals surface area (Å²) in [5.74, 6) is 0.389. The predicted molar refractivity (Wildman–Crippen MR) is 83.3 cm³/mol. The lowest BCUT2D eigenvalue weighted by Crippen LogP contribution is -2.31. The van der Waals surface area contributed by atoms with Gasteiger partial charge in [0, 0.05) is 16.5 Å². The van der Waals surface area contributed by atoms with Crippen molar-refractivity contribution in [1.29, 1.82) is 0 Å². The lowest BCUT2D eigenvalue weighted by Gasteiger charge is -2.20. The Balaban J connectivity index is 2.14. The van der Waals surface area contributed by atoms with Gasteiger partial charge in [-0.25, -0.2) is 0 Å². The quantitative estimate of drug-likeness (QED) is 0.582. The normalized spacial score (nSPS) is 18.1. The minimum absolute atomic E-state index is 0.389. The van der Waals surface area contributed by atoms with Crippen molar-refractivity contribution in [2.75, 3.05) is 0 Å². The Labute approximate surface area is 116 Å². The van der Waals surface area contributed by atoms with E-state index < -0.39 is 0 Å². The van der Waals surface area contributed by atoms with E-state index in [0.717, 1.165) is 0 Å². The first-order chi connectivity index (χ1) is 9.93. The number of para-hydroxylation sites is 2. The minimum Gasteiger partial charge on any atom is -0.309 e. The molecule has 0 radical (unpaired) electrons. The van der Waals surface area contributed by atoms with Gasteiger partial charge >= 0.3 is 0 Å². The number of hydrogen-bond donors (Lipinski definition) is 0. The molecule has 0 saturated carbocycles. The third-order valence-electron chi connectivity index (χ3n) is 4.41. The zero-order chi connectivity index (χ0) is 13.1. The lowest BCUT2D eigenvalue weighted by molar-refractivity contribution is 0.965. The van der Waals surface area contributed by atoms with Crippen molar-refractivity contribution in [2.24, 2.45) is 0 Å². The molecule has 94 valence electrons. The number of benzene rings is 2. The van der Waals surface area contributed by atoms with Crippen molar-refractivity contribution in [3.63, 3.8) is 0 Å². The maximum absolute atomic E-state index is 2.40. The van der Waals surface area contributed by atoms with Gasteiger partial charge in [0.15, 0.2) is 0 Å². The summed E-state index contributed by atoms with van der Waals surface area (Å²) in [4.78, 5) is 0. The van der Waals surface area contributed by atoms with Crippen LogP contribution in [0.15, 0.2) is 60.7 Å². The molecule has 1 aliphatic carbocycles. The standard InChI is InChI=1S/C19H13N/c1-3-10-17-14(7-1)13-6-5-9-16-15-8-2-4-11-18(15)20(17)19(16)12-13/h1-13H. The van der Waals surface area contributed by atoms with E-state index in [9.17, 15) is 0 Å². The molecule has 1 aromatic heterocycles. The van der Waals surface area contributed by atoms with Gasteiger partial charge in [-0.3, -0.25) is 0 Å². The van der Waals surface area contributed by atoms with Crippen LogP contribution >= 0.6 is 0 Å². The van der Waals surface area contributed by atoms with Crippen molar-refractivity contribution >= 4 is 23.1 Å². The van der Waals surface area contributed by atoms with Crippen molar-refractivity contribution in [3.05, 3.63) is 76.8 Å². The maximum Gasteiger partial charge on any atom is 0.0541 e. The largest absolute Gasteiger partial charge is 0.309 e. The highest BCUT2D eigenvalue weighted by Gasteiger charge is 2.21. The smallest absolute Gasteiger partial charge is 0.0541 e. The molecule has 2 aromatic carbocycles. The van der Waals surface area contributed by atoms with E-state index in [4.69, 9.17) is 0 Å². The van der Waals surface area contributed by atoms with Crippen molar-refractivity contribution in [2.45, 2.75) is 5.92 Å². The lowest BCUT2D eigenvalue weighted by atomic mass is 9.94. The van der Waals surface area contributed by atoms with Gasteiger partial charge in [-0.2, -0.15) is 0 Å². The molecule has 1 aliphatic heterocycles. The van der Waals surface area contributed by atoms with Crippen LogP contribution in [0.1, 0.15) is 11.5 Å². The van der Waals surface area contributed by atoms with Crippen LogP contribution in [0.2, 0.25) is 0 Å². The number of fused-ring (bicyclic) bond motifs is 7. The Kier molecular flexibility index (Phi) is 1.80. The molecule has 2 bridgehead atoms. The zero-order valence-corrected chi connectivity index (χ0v) is 11.0. The first-order valence-electron chi connectivity index (χ1n) is 7.02. The molecule has 1 unspecified atom stereocenters. The molecule has 0 amide bonds. The highest BCUT2D eigenvalue weighted by Crippen LogP contribution is 2.30. The molecular formula is C19H13N. The summed E-state index contributed by atoms with van der Waals surface area (Å²) < 4.78 is 2.40. The highest BCUT2D eigenvalue weighted by atomic mass is 15.0. The number of nitrogens with zero attached hydrogens (tertiary/aromatic N) is 1. The summed E-state index contributed by atoms with van der Waals surface area (Å²) in [6.45, 7) is 0. The number of allylic oxidation sites excluding steroid dienone is 2. The van der Waals surface area contributed by atoms with Gasteiger partial charge in [-0.05, 0) is 23.8 Å². The van der Waals surface area contributed by atoms with Crippen LogP contribution in [0, 0.1) is 0 Å². The Bertz CT molecular complexity index is 1000. The summed E-state index contributed by atoms with van der Waals surface area (Å²) in [7, 11) is 0. The summed E-state index contributed by atoms with van der Waals surface area (Å²) in [6.07, 6.45) is 9.12. The van der Waals surface area contributed by atoms with Crippen LogP contribution in [0.3, 0.4) is 0 Å². The first-order valence-corrected chi connectivity index (χ1v) is 7.02. The summed E-state index contributed by atoms with van der Waals surface area (Å²) >= 11 is 0. The molecule has 1 heteroatoms. The van der Waals surface area contributed by atoms with E-state index in [-0.39, 0.29) is 0 Å². The molecule has 0 fully saturated rings. The van der Waals surface area contributed by atoms with E-state index in [1.807, 2.05) is 0 Å². The van der Waals surface area contributed by atoms with E-state index in [0.29, 0.717) is 5.92 Å². The van der Waals surface area contributed by atoms with E-state index in [1.54, 1.807) is 0 Å². The second-order valence-electron chi connectivity index (χ2n) is 5.45. The van der Waals surface area contributed by atoms with Crippen molar-refractivity contribution < 1.29 is 0 Å². The maximum atomic E-state index is 2.40. The van der Waals surface area contributed by atoms with Crippen LogP contribution in [-0.4, -0.2) is 4.57 Å². The van der Waals surface area contributed by atoms with Crippen LogP contribution in [0.5, 0.6) is 0 Å². The average molecular weight is 255 g/mol. The van der Waals surface area contributed by atoms with Gasteiger partial charge in [0.25, 0.3) is 0 Å². The Morgan fingerprint density at radius 1 is 0.900 bits per heavy atom. The topological polar surface area (TPSA) is 4.93 Å². The molecule has 2 aliphatic rings. The van der Waals surface area contributed by atoms with Gasteiger partial charge in [0.2, 0.25) is 0 Å². The van der Waals surface area contributed by atoms with Crippen LogP contribution in [-0.2, 0) is 0 Å². The van der Waals surface area contributed by atoms with Gasteiger partial charge in [-0.15, -0.1) is 0 Å². The molecule has 0 spiro atoms. The second-order valence-corrected chi connectivity index (χ2v) is 5.45. The summed E-state index contributed by atoms with van der Waals surface area (Å²) in [5.41, 5.74) is 4.00. The van der Waals surface area contributed by atoms with Gasteiger partial charge in [0.1, 0.15) is 0 Å². The van der Waals surface area contributed by atoms with Crippen LogP contribution < -0.4 is 10.6 Å². The van der Waals surface area contributed by atoms with Crippen LogP contribution in [0.25, 0.3) is 28.7 Å². The third kappa shape index (κ3) is 1.13. The number of hydrogen-bond acceptors (Lipinski definition) is 0. The highest BCUT2D eigenvalue weighted by molar-refractivity contribution is 5.86. The van der Waals surface area contributed by atoms with Crippen molar-refractivity contribution in [1.82, 2.24) is 4.57 Å². The Morgan fingerprint density at radius 2 is 1.75 bits per heavy atom. The molecular weight excluding hydrogens is 242 g/mol. The second kappa shape index (κ2) is 3.51. The van der Waals surface area contributed by atoms with Crippen LogP contribution in [0.4, 0.5) is 0 Å². The average Bonchev–Trinajstić information content (AvgIpc) is 2.70. The Hall–Kier alpha value is -2.54. The molecule has 2 heterocycles. The van der Waals surface area contributed by atoms with Crippen molar-refractivity contribution in [3.8, 4) is 5.69 Å². The summed E-state index contributed by atoms with van der Waals surface area (Å²) in [6, 6.07) is 17.4. The molecule has 1 atom stereocenters.